The summed E-state index contributed by atoms with van der Waals surface area (Å²) in [7, 11) is 0. The summed E-state index contributed by atoms with van der Waals surface area (Å²) < 4.78 is 0. The van der Waals surface area contributed by atoms with Crippen molar-refractivity contribution in [3.8, 4) is 0 Å². The summed E-state index contributed by atoms with van der Waals surface area (Å²) in [5, 5.41) is 0. The molecule has 0 unspecified atom stereocenters. The highest BCUT2D eigenvalue weighted by Crippen LogP contribution is 2.25. The summed E-state index contributed by atoms with van der Waals surface area (Å²) in [6.45, 7) is 12.5. The molecule has 1 aromatic rings. The molecule has 0 saturated carbocycles. The van der Waals surface area contributed by atoms with E-state index in [1.54, 1.807) is 0 Å². The smallest absolute Gasteiger partial charge is 0.0152 e. The van der Waals surface area contributed by atoms with Gasteiger partial charge >= 0.3 is 0 Å². The van der Waals surface area contributed by atoms with E-state index in [2.05, 4.69) is 57.7 Å². The van der Waals surface area contributed by atoms with E-state index in [-0.39, 0.29) is 0 Å². The minimum atomic E-state index is 1.09. The number of hydrogen-bond donors (Lipinski definition) is 0. The Morgan fingerprint density at radius 2 is 2.06 bits per heavy atom. The minimum Gasteiger partial charge on any atom is -0.0984 e. The molecule has 0 fully saturated rings. The van der Waals surface area contributed by atoms with Crippen LogP contribution in [-0.2, 0) is 6.42 Å². The lowest BCUT2D eigenvalue weighted by molar-refractivity contribution is 1.13. The van der Waals surface area contributed by atoms with Crippen LogP contribution in [0, 0.1) is 6.92 Å². The summed E-state index contributed by atoms with van der Waals surface area (Å²) in [4.78, 5) is 0. The predicted octanol–water partition coefficient (Wildman–Crippen LogP) is 5.09. The van der Waals surface area contributed by atoms with Crippen LogP contribution < -0.4 is 0 Å². The highest BCUT2D eigenvalue weighted by Gasteiger charge is 2.04. The molecule has 0 aliphatic heterocycles. The maximum atomic E-state index is 3.93. The second-order valence-electron chi connectivity index (χ2n) is 4.30. The first-order valence-corrected chi connectivity index (χ1v) is 6.19. The molecular formula is C17H22. The largest absolute Gasteiger partial charge is 0.0984 e. The lowest BCUT2D eigenvalue weighted by Crippen LogP contribution is -1.91. The van der Waals surface area contributed by atoms with Crippen LogP contribution >= 0.6 is 0 Å². The van der Waals surface area contributed by atoms with Crippen molar-refractivity contribution < 1.29 is 0 Å². The Morgan fingerprint density at radius 3 is 2.53 bits per heavy atom. The van der Waals surface area contributed by atoms with Crippen LogP contribution in [0.2, 0.25) is 0 Å². The Kier molecular flexibility index (Phi) is 4.96. The fourth-order valence-corrected chi connectivity index (χ4v) is 2.07. The summed E-state index contributed by atoms with van der Waals surface area (Å²) >= 11 is 0. The Morgan fingerprint density at radius 1 is 1.35 bits per heavy atom. The SMILES string of the molecule is C=C/C(=C(C)\C=C/C)c1ccc(CC)cc1C. The number of allylic oxidation sites excluding steroid dienone is 5. The summed E-state index contributed by atoms with van der Waals surface area (Å²) in [5.41, 5.74) is 6.48. The van der Waals surface area contributed by atoms with Crippen molar-refractivity contribution in [2.45, 2.75) is 34.1 Å². The molecule has 1 rings (SSSR count). The number of rotatable bonds is 4. The van der Waals surface area contributed by atoms with Gasteiger partial charge in [-0.2, -0.15) is 0 Å². The average Bonchev–Trinajstić information content (AvgIpc) is 2.32. The van der Waals surface area contributed by atoms with Crippen LogP contribution in [0.15, 0.2) is 48.6 Å². The molecule has 0 amide bonds. The molecule has 0 atom stereocenters. The number of hydrogen-bond acceptors (Lipinski definition) is 0. The quantitative estimate of drug-likeness (QED) is 0.627. The zero-order chi connectivity index (χ0) is 12.8. The van der Waals surface area contributed by atoms with Gasteiger partial charge in [0.1, 0.15) is 0 Å². The fraction of sp³-hybridized carbons (Fsp3) is 0.294. The van der Waals surface area contributed by atoms with Crippen LogP contribution in [0.25, 0.3) is 5.57 Å². The molecule has 0 spiro atoms. The van der Waals surface area contributed by atoms with Gasteiger partial charge in [-0.3, -0.25) is 0 Å². The van der Waals surface area contributed by atoms with E-state index in [1.807, 2.05) is 13.0 Å². The standard InChI is InChI=1S/C17H22/c1-6-9-13(4)16(8-3)17-11-10-15(7-2)12-14(17)5/h6,8-12H,3,7H2,1-2,4-5H3/b9-6-,16-13+. The van der Waals surface area contributed by atoms with Gasteiger partial charge in [-0.05, 0) is 55.0 Å². The zero-order valence-corrected chi connectivity index (χ0v) is 11.4. The Bertz CT molecular complexity index is 459. The molecule has 0 heterocycles. The second-order valence-corrected chi connectivity index (χ2v) is 4.30. The molecule has 0 aliphatic rings. The second kappa shape index (κ2) is 6.24. The topological polar surface area (TPSA) is 0 Å². The van der Waals surface area contributed by atoms with Crippen LogP contribution in [0.1, 0.15) is 37.5 Å². The van der Waals surface area contributed by atoms with Crippen LogP contribution in [0.4, 0.5) is 0 Å². The molecule has 1 aromatic carbocycles. The molecule has 17 heavy (non-hydrogen) atoms. The minimum absolute atomic E-state index is 1.09. The molecular weight excluding hydrogens is 204 g/mol. The van der Waals surface area contributed by atoms with Gasteiger partial charge in [-0.15, -0.1) is 0 Å². The molecule has 0 heteroatoms. The first-order valence-electron chi connectivity index (χ1n) is 6.19. The molecule has 0 bridgehead atoms. The van der Waals surface area contributed by atoms with Crippen LogP contribution in [-0.4, -0.2) is 0 Å². The van der Waals surface area contributed by atoms with Gasteiger partial charge < -0.3 is 0 Å². The van der Waals surface area contributed by atoms with E-state index in [4.69, 9.17) is 0 Å². The third kappa shape index (κ3) is 3.20. The van der Waals surface area contributed by atoms with Gasteiger partial charge in [0.05, 0.1) is 0 Å². The highest BCUT2D eigenvalue weighted by atomic mass is 14.1. The lowest BCUT2D eigenvalue weighted by atomic mass is 9.94. The summed E-state index contributed by atoms with van der Waals surface area (Å²) in [6.07, 6.45) is 7.23. The van der Waals surface area contributed by atoms with Crippen molar-refractivity contribution in [1.82, 2.24) is 0 Å². The third-order valence-corrected chi connectivity index (χ3v) is 3.03. The van der Waals surface area contributed by atoms with Gasteiger partial charge in [-0.25, -0.2) is 0 Å². The van der Waals surface area contributed by atoms with Gasteiger partial charge in [0.15, 0.2) is 0 Å². The Balaban J connectivity index is 3.31. The molecule has 0 saturated heterocycles. The third-order valence-electron chi connectivity index (χ3n) is 3.03. The molecule has 0 aromatic heterocycles. The molecule has 0 nitrogen and oxygen atoms in total. The maximum absolute atomic E-state index is 3.93. The Hall–Kier alpha value is -1.56. The summed E-state index contributed by atoms with van der Waals surface area (Å²) in [6, 6.07) is 6.68. The van der Waals surface area contributed by atoms with Crippen LogP contribution in [0.3, 0.4) is 0 Å². The van der Waals surface area contributed by atoms with Crippen molar-refractivity contribution in [3.05, 3.63) is 65.3 Å². The van der Waals surface area contributed by atoms with Crippen molar-refractivity contribution >= 4 is 5.57 Å². The van der Waals surface area contributed by atoms with E-state index in [9.17, 15) is 0 Å². The maximum Gasteiger partial charge on any atom is -0.0152 e. The van der Waals surface area contributed by atoms with Crippen molar-refractivity contribution in [2.24, 2.45) is 0 Å². The van der Waals surface area contributed by atoms with Crippen LogP contribution in [0.5, 0.6) is 0 Å². The van der Waals surface area contributed by atoms with Gasteiger partial charge in [-0.1, -0.05) is 49.9 Å². The zero-order valence-electron chi connectivity index (χ0n) is 11.4. The van der Waals surface area contributed by atoms with E-state index < -0.39 is 0 Å². The van der Waals surface area contributed by atoms with Gasteiger partial charge in [0, 0.05) is 0 Å². The van der Waals surface area contributed by atoms with E-state index in [0.29, 0.717) is 0 Å². The van der Waals surface area contributed by atoms with Crippen molar-refractivity contribution in [2.75, 3.05) is 0 Å². The number of aryl methyl sites for hydroxylation is 2. The van der Waals surface area contributed by atoms with Gasteiger partial charge in [0.2, 0.25) is 0 Å². The van der Waals surface area contributed by atoms with E-state index in [1.165, 1.54) is 27.8 Å². The lowest BCUT2D eigenvalue weighted by Gasteiger charge is -2.11. The molecule has 0 aliphatic carbocycles. The Labute approximate surface area is 105 Å². The predicted molar refractivity (Wildman–Crippen MR) is 78.2 cm³/mol. The highest BCUT2D eigenvalue weighted by molar-refractivity contribution is 5.79. The van der Waals surface area contributed by atoms with Gasteiger partial charge in [0.25, 0.3) is 0 Å². The normalized spacial score (nSPS) is 12.7. The van der Waals surface area contributed by atoms with E-state index in [0.717, 1.165) is 6.42 Å². The molecule has 0 radical (unpaired) electrons. The van der Waals surface area contributed by atoms with Crippen molar-refractivity contribution in [1.29, 1.82) is 0 Å². The fourth-order valence-electron chi connectivity index (χ4n) is 2.07. The average molecular weight is 226 g/mol. The monoisotopic (exact) mass is 226 g/mol. The first-order chi connectivity index (χ1) is 8.13. The van der Waals surface area contributed by atoms with Crippen molar-refractivity contribution in [3.63, 3.8) is 0 Å². The number of benzene rings is 1. The molecule has 0 N–H and O–H groups in total. The summed E-state index contributed by atoms with van der Waals surface area (Å²) in [5.74, 6) is 0. The molecule has 90 valence electrons. The first kappa shape index (κ1) is 13.5. The van der Waals surface area contributed by atoms with E-state index >= 15 is 0 Å².